The second-order valence-corrected chi connectivity index (χ2v) is 7.27. The van der Waals surface area contributed by atoms with Crippen LogP contribution in [0.25, 0.3) is 6.08 Å². The molecule has 2 rings (SSSR count). The topological polar surface area (TPSA) is 105 Å². The lowest BCUT2D eigenvalue weighted by atomic mass is 10.0. The average molecular weight is 402 g/mol. The molecule has 3 N–H and O–H groups in total. The van der Waals surface area contributed by atoms with Crippen LogP contribution in [0.4, 0.5) is 0 Å². The minimum Gasteiger partial charge on any atom is -0.507 e. The maximum Gasteiger partial charge on any atom is 0.310 e. The first-order chi connectivity index (χ1) is 14.0. The Hall–Kier alpha value is -2.83. The SMILES string of the molecule is CCCC[C@H](NC(=O)/C=C/c1ccccc1O)C(=O)N[C@H]1CCC[C@H]1C(=O)OC. The number of esters is 1. The molecule has 158 valence electrons. The van der Waals surface area contributed by atoms with Crippen LogP contribution >= 0.6 is 0 Å². The van der Waals surface area contributed by atoms with Gasteiger partial charge in [-0.05, 0) is 31.4 Å². The maximum absolute atomic E-state index is 12.8. The molecule has 0 saturated heterocycles. The van der Waals surface area contributed by atoms with Crippen molar-refractivity contribution >= 4 is 23.9 Å². The van der Waals surface area contributed by atoms with E-state index in [1.54, 1.807) is 18.2 Å². The second-order valence-electron chi connectivity index (χ2n) is 7.27. The molecule has 2 amide bonds. The Kier molecular flexibility index (Phi) is 8.70. The number of ether oxygens (including phenoxy) is 1. The first kappa shape index (κ1) is 22.5. The number of aromatic hydroxyl groups is 1. The predicted octanol–water partition coefficient (Wildman–Crippen LogP) is 2.54. The van der Waals surface area contributed by atoms with Crippen LogP contribution in [0.5, 0.6) is 5.75 Å². The van der Waals surface area contributed by atoms with Crippen molar-refractivity contribution in [1.82, 2.24) is 10.6 Å². The van der Waals surface area contributed by atoms with Crippen LogP contribution in [0.2, 0.25) is 0 Å². The minimum atomic E-state index is -0.685. The predicted molar refractivity (Wildman–Crippen MR) is 110 cm³/mol. The fraction of sp³-hybridized carbons (Fsp3) is 0.500. The zero-order valence-corrected chi connectivity index (χ0v) is 17.0. The van der Waals surface area contributed by atoms with Gasteiger partial charge in [0.1, 0.15) is 11.8 Å². The van der Waals surface area contributed by atoms with Crippen LogP contribution in [0.15, 0.2) is 30.3 Å². The molecule has 1 aromatic carbocycles. The molecule has 1 aliphatic carbocycles. The maximum atomic E-state index is 12.8. The highest BCUT2D eigenvalue weighted by atomic mass is 16.5. The molecule has 0 spiro atoms. The van der Waals surface area contributed by atoms with E-state index in [1.807, 2.05) is 6.92 Å². The molecule has 0 aliphatic heterocycles. The fourth-order valence-electron chi connectivity index (χ4n) is 3.54. The number of hydrogen-bond donors (Lipinski definition) is 3. The van der Waals surface area contributed by atoms with E-state index in [2.05, 4.69) is 10.6 Å². The van der Waals surface area contributed by atoms with Crippen LogP contribution in [-0.4, -0.2) is 42.1 Å². The van der Waals surface area contributed by atoms with Gasteiger partial charge in [-0.25, -0.2) is 0 Å². The van der Waals surface area contributed by atoms with Crippen LogP contribution in [0.1, 0.15) is 51.0 Å². The molecule has 1 aliphatic rings. The number of nitrogens with one attached hydrogen (secondary N) is 2. The van der Waals surface area contributed by atoms with Gasteiger partial charge in [0.2, 0.25) is 11.8 Å². The molecule has 0 bridgehead atoms. The smallest absolute Gasteiger partial charge is 0.310 e. The van der Waals surface area contributed by atoms with E-state index in [0.717, 1.165) is 19.3 Å². The summed E-state index contributed by atoms with van der Waals surface area (Å²) in [6.45, 7) is 2.01. The lowest BCUT2D eigenvalue weighted by Gasteiger charge is -2.23. The van der Waals surface area contributed by atoms with Crippen molar-refractivity contribution in [3.63, 3.8) is 0 Å². The summed E-state index contributed by atoms with van der Waals surface area (Å²) in [5, 5.41) is 15.4. The third-order valence-electron chi connectivity index (χ3n) is 5.18. The number of amides is 2. The van der Waals surface area contributed by atoms with Gasteiger partial charge in [-0.3, -0.25) is 14.4 Å². The normalized spacial score (nSPS) is 19.7. The van der Waals surface area contributed by atoms with Gasteiger partial charge in [-0.1, -0.05) is 44.4 Å². The van der Waals surface area contributed by atoms with Crippen LogP contribution in [0, 0.1) is 5.92 Å². The highest BCUT2D eigenvalue weighted by Crippen LogP contribution is 2.27. The Morgan fingerprint density at radius 3 is 2.72 bits per heavy atom. The summed E-state index contributed by atoms with van der Waals surface area (Å²) in [6, 6.07) is 5.72. The average Bonchev–Trinajstić information content (AvgIpc) is 3.17. The molecule has 7 heteroatoms. The molecule has 0 aromatic heterocycles. The van der Waals surface area contributed by atoms with Crippen molar-refractivity contribution < 1.29 is 24.2 Å². The summed E-state index contributed by atoms with van der Waals surface area (Å²) in [5.74, 6) is -1.28. The van der Waals surface area contributed by atoms with Crippen molar-refractivity contribution in [3.8, 4) is 5.75 Å². The third-order valence-corrected chi connectivity index (χ3v) is 5.18. The van der Waals surface area contributed by atoms with Crippen molar-refractivity contribution in [2.45, 2.75) is 57.5 Å². The van der Waals surface area contributed by atoms with Gasteiger partial charge in [0.05, 0.1) is 13.0 Å². The van der Waals surface area contributed by atoms with E-state index in [-0.39, 0.29) is 29.6 Å². The number of phenolic OH excluding ortho intramolecular Hbond substituents is 1. The number of unbranched alkanes of at least 4 members (excludes halogenated alkanes) is 1. The fourth-order valence-corrected chi connectivity index (χ4v) is 3.54. The highest BCUT2D eigenvalue weighted by molar-refractivity contribution is 5.96. The number of carbonyl (C=O) groups is 3. The third kappa shape index (κ3) is 6.62. The van der Waals surface area contributed by atoms with Gasteiger partial charge in [0.15, 0.2) is 0 Å². The van der Waals surface area contributed by atoms with Crippen molar-refractivity contribution in [1.29, 1.82) is 0 Å². The van der Waals surface area contributed by atoms with E-state index in [9.17, 15) is 19.5 Å². The molecule has 1 fully saturated rings. The Morgan fingerprint density at radius 2 is 2.03 bits per heavy atom. The van der Waals surface area contributed by atoms with Crippen molar-refractivity contribution in [2.75, 3.05) is 7.11 Å². The van der Waals surface area contributed by atoms with Crippen LogP contribution < -0.4 is 10.6 Å². The molecular formula is C22H30N2O5. The Morgan fingerprint density at radius 1 is 1.28 bits per heavy atom. The summed E-state index contributed by atoms with van der Waals surface area (Å²) < 4.78 is 4.83. The van der Waals surface area contributed by atoms with Gasteiger partial charge >= 0.3 is 5.97 Å². The quantitative estimate of drug-likeness (QED) is 0.435. The minimum absolute atomic E-state index is 0.0758. The van der Waals surface area contributed by atoms with Gasteiger partial charge in [-0.2, -0.15) is 0 Å². The van der Waals surface area contributed by atoms with E-state index in [4.69, 9.17) is 4.74 Å². The van der Waals surface area contributed by atoms with E-state index in [0.29, 0.717) is 24.8 Å². The zero-order valence-electron chi connectivity index (χ0n) is 17.0. The first-order valence-corrected chi connectivity index (χ1v) is 10.1. The van der Waals surface area contributed by atoms with Gasteiger partial charge in [-0.15, -0.1) is 0 Å². The Balaban J connectivity index is 2.00. The number of hydrogen-bond acceptors (Lipinski definition) is 5. The molecule has 1 saturated carbocycles. The van der Waals surface area contributed by atoms with Gasteiger partial charge in [0, 0.05) is 17.7 Å². The summed E-state index contributed by atoms with van der Waals surface area (Å²) >= 11 is 0. The molecule has 0 unspecified atom stereocenters. The number of para-hydroxylation sites is 1. The van der Waals surface area contributed by atoms with Crippen molar-refractivity contribution in [3.05, 3.63) is 35.9 Å². The lowest BCUT2D eigenvalue weighted by Crippen LogP contribution is -2.51. The number of phenols is 1. The molecule has 0 heterocycles. The largest absolute Gasteiger partial charge is 0.507 e. The number of rotatable bonds is 9. The van der Waals surface area contributed by atoms with Crippen LogP contribution in [-0.2, 0) is 19.1 Å². The van der Waals surface area contributed by atoms with Gasteiger partial charge < -0.3 is 20.5 Å². The molecule has 3 atom stereocenters. The molecule has 7 nitrogen and oxygen atoms in total. The summed E-state index contributed by atoms with van der Waals surface area (Å²) in [4.78, 5) is 37.0. The zero-order chi connectivity index (χ0) is 21.2. The monoisotopic (exact) mass is 402 g/mol. The Bertz CT molecular complexity index is 746. The first-order valence-electron chi connectivity index (χ1n) is 10.1. The number of carbonyl (C=O) groups excluding carboxylic acids is 3. The molecule has 0 radical (unpaired) electrons. The highest BCUT2D eigenvalue weighted by Gasteiger charge is 2.36. The van der Waals surface area contributed by atoms with Crippen LogP contribution in [0.3, 0.4) is 0 Å². The Labute approximate surface area is 171 Å². The van der Waals surface area contributed by atoms with E-state index >= 15 is 0 Å². The molecular weight excluding hydrogens is 372 g/mol. The summed E-state index contributed by atoms with van der Waals surface area (Å²) in [7, 11) is 1.35. The van der Waals surface area contributed by atoms with E-state index in [1.165, 1.54) is 25.3 Å². The summed E-state index contributed by atoms with van der Waals surface area (Å²) in [6.07, 6.45) is 7.24. The molecule has 29 heavy (non-hydrogen) atoms. The standard InChI is InChI=1S/C22H30N2O5/c1-3-4-10-18(21(27)24-17-11-7-9-16(17)22(28)29-2)23-20(26)14-13-15-8-5-6-12-19(15)25/h5-6,8,12-14,16-18,25H,3-4,7,9-11H2,1-2H3,(H,23,26)(H,24,27)/b14-13+/t16-,17+,18+/m1/s1. The summed E-state index contributed by atoms with van der Waals surface area (Å²) in [5.41, 5.74) is 0.518. The number of methoxy groups -OCH3 is 1. The number of benzene rings is 1. The van der Waals surface area contributed by atoms with Crippen molar-refractivity contribution in [2.24, 2.45) is 5.92 Å². The molecule has 1 aromatic rings. The lowest BCUT2D eigenvalue weighted by molar-refractivity contribution is -0.146. The second kappa shape index (κ2) is 11.2. The van der Waals surface area contributed by atoms with E-state index < -0.39 is 11.9 Å². The van der Waals surface area contributed by atoms with Gasteiger partial charge in [0.25, 0.3) is 0 Å².